The van der Waals surface area contributed by atoms with Gasteiger partial charge in [-0.05, 0) is 42.5 Å². The number of benzene rings is 2. The van der Waals surface area contributed by atoms with E-state index in [4.69, 9.17) is 16.3 Å². The van der Waals surface area contributed by atoms with Crippen molar-refractivity contribution >= 4 is 17.5 Å². The molecule has 0 spiro atoms. The van der Waals surface area contributed by atoms with Crippen molar-refractivity contribution in [3.05, 3.63) is 71.8 Å². The van der Waals surface area contributed by atoms with E-state index in [1.165, 1.54) is 0 Å². The molecule has 0 saturated heterocycles. The molecule has 0 fully saturated rings. The highest BCUT2D eigenvalue weighted by Crippen LogP contribution is 2.15. The van der Waals surface area contributed by atoms with Crippen molar-refractivity contribution in [1.29, 1.82) is 0 Å². The molecule has 8 heteroatoms. The first kappa shape index (κ1) is 17.9. The van der Waals surface area contributed by atoms with Gasteiger partial charge in [0, 0.05) is 22.8 Å². The summed E-state index contributed by atoms with van der Waals surface area (Å²) in [6.07, 6.45) is 2.26. The van der Waals surface area contributed by atoms with Gasteiger partial charge in [-0.25, -0.2) is 0 Å². The fourth-order valence-corrected chi connectivity index (χ4v) is 2.36. The van der Waals surface area contributed by atoms with E-state index in [0.717, 1.165) is 5.69 Å². The van der Waals surface area contributed by atoms with Crippen LogP contribution < -0.4 is 10.1 Å². The van der Waals surface area contributed by atoms with Crippen molar-refractivity contribution in [2.45, 2.75) is 6.10 Å². The number of rotatable bonds is 7. The van der Waals surface area contributed by atoms with E-state index in [1.807, 2.05) is 6.07 Å². The average Bonchev–Trinajstić information content (AvgIpc) is 3.20. The molecule has 0 radical (unpaired) electrons. The maximum absolute atomic E-state index is 12.3. The third-order valence-corrected chi connectivity index (χ3v) is 3.83. The van der Waals surface area contributed by atoms with Gasteiger partial charge in [-0.2, -0.15) is 0 Å². The van der Waals surface area contributed by atoms with E-state index < -0.39 is 6.10 Å². The van der Waals surface area contributed by atoms with Gasteiger partial charge in [0.15, 0.2) is 0 Å². The number of amides is 1. The SMILES string of the molecule is O=C(NCC(O)COc1ccc(Cl)cc1)c1cccc(-n2cnnc2)c1. The van der Waals surface area contributed by atoms with E-state index in [0.29, 0.717) is 16.3 Å². The highest BCUT2D eigenvalue weighted by molar-refractivity contribution is 6.30. The zero-order valence-corrected chi connectivity index (χ0v) is 14.5. The lowest BCUT2D eigenvalue weighted by molar-refractivity contribution is 0.0843. The number of carbonyl (C=O) groups is 1. The van der Waals surface area contributed by atoms with Crippen LogP contribution in [0, 0.1) is 0 Å². The highest BCUT2D eigenvalue weighted by atomic mass is 35.5. The molecule has 7 nitrogen and oxygen atoms in total. The van der Waals surface area contributed by atoms with Gasteiger partial charge in [0.1, 0.15) is 31.1 Å². The van der Waals surface area contributed by atoms with Gasteiger partial charge in [0.05, 0.1) is 0 Å². The number of aliphatic hydroxyl groups excluding tert-OH is 1. The monoisotopic (exact) mass is 372 g/mol. The molecule has 3 aromatic rings. The van der Waals surface area contributed by atoms with Gasteiger partial charge in [-0.3, -0.25) is 9.36 Å². The number of nitrogens with one attached hydrogen (secondary N) is 1. The first-order valence-corrected chi connectivity index (χ1v) is 8.29. The molecule has 1 unspecified atom stereocenters. The molecule has 1 heterocycles. The molecule has 1 amide bonds. The second-order valence-corrected chi connectivity index (χ2v) is 5.98. The average molecular weight is 373 g/mol. The number of aromatic nitrogens is 3. The molecule has 1 aromatic heterocycles. The molecule has 1 atom stereocenters. The Kier molecular flexibility index (Phi) is 5.83. The maximum atomic E-state index is 12.3. The minimum absolute atomic E-state index is 0.0582. The number of hydrogen-bond donors (Lipinski definition) is 2. The van der Waals surface area contributed by atoms with Crippen LogP contribution in [0.1, 0.15) is 10.4 Å². The van der Waals surface area contributed by atoms with Crippen LogP contribution in [-0.2, 0) is 0 Å². The van der Waals surface area contributed by atoms with Gasteiger partial charge < -0.3 is 15.2 Å². The predicted molar refractivity (Wildman–Crippen MR) is 96.6 cm³/mol. The first-order chi connectivity index (χ1) is 12.6. The van der Waals surface area contributed by atoms with Crippen LogP contribution in [0.3, 0.4) is 0 Å². The summed E-state index contributed by atoms with van der Waals surface area (Å²) in [7, 11) is 0. The van der Waals surface area contributed by atoms with E-state index in [9.17, 15) is 9.90 Å². The molecule has 3 rings (SSSR count). The molecular weight excluding hydrogens is 356 g/mol. The quantitative estimate of drug-likeness (QED) is 0.663. The molecule has 2 aromatic carbocycles. The Balaban J connectivity index is 1.50. The molecular formula is C18H17ClN4O3. The van der Waals surface area contributed by atoms with Crippen molar-refractivity contribution in [3.8, 4) is 11.4 Å². The number of aliphatic hydroxyl groups is 1. The third kappa shape index (κ3) is 4.81. The molecule has 0 saturated carbocycles. The zero-order chi connectivity index (χ0) is 18.4. The highest BCUT2D eigenvalue weighted by Gasteiger charge is 2.11. The van der Waals surface area contributed by atoms with Crippen molar-refractivity contribution in [3.63, 3.8) is 0 Å². The maximum Gasteiger partial charge on any atom is 0.251 e. The van der Waals surface area contributed by atoms with Crippen molar-refractivity contribution in [1.82, 2.24) is 20.1 Å². The van der Waals surface area contributed by atoms with Crippen molar-refractivity contribution < 1.29 is 14.6 Å². The van der Waals surface area contributed by atoms with Crippen LogP contribution >= 0.6 is 11.6 Å². The first-order valence-electron chi connectivity index (χ1n) is 7.91. The van der Waals surface area contributed by atoms with Crippen LogP contribution in [0.25, 0.3) is 5.69 Å². The zero-order valence-electron chi connectivity index (χ0n) is 13.7. The van der Waals surface area contributed by atoms with E-state index in [2.05, 4.69) is 15.5 Å². The third-order valence-electron chi connectivity index (χ3n) is 3.58. The molecule has 26 heavy (non-hydrogen) atoms. The van der Waals surface area contributed by atoms with Crippen LogP contribution in [0.2, 0.25) is 5.02 Å². The molecule has 0 aliphatic rings. The van der Waals surface area contributed by atoms with Crippen LogP contribution in [-0.4, -0.2) is 45.0 Å². The number of carbonyl (C=O) groups excluding carboxylic acids is 1. The van der Waals surface area contributed by atoms with E-state index >= 15 is 0 Å². The minimum Gasteiger partial charge on any atom is -0.491 e. The van der Waals surface area contributed by atoms with Gasteiger partial charge in [-0.1, -0.05) is 17.7 Å². The Morgan fingerprint density at radius 2 is 1.92 bits per heavy atom. The molecule has 0 aliphatic heterocycles. The molecule has 2 N–H and O–H groups in total. The normalized spacial score (nSPS) is 11.8. The Labute approximate surface area is 155 Å². The lowest BCUT2D eigenvalue weighted by Gasteiger charge is -2.13. The molecule has 134 valence electrons. The summed E-state index contributed by atoms with van der Waals surface area (Å²) in [4.78, 5) is 12.3. The van der Waals surface area contributed by atoms with Crippen molar-refractivity contribution in [2.75, 3.05) is 13.2 Å². The Bertz CT molecular complexity index is 853. The summed E-state index contributed by atoms with van der Waals surface area (Å²) < 4.78 is 7.15. The van der Waals surface area contributed by atoms with Gasteiger partial charge in [0.25, 0.3) is 5.91 Å². The number of hydrogen-bond acceptors (Lipinski definition) is 5. The largest absolute Gasteiger partial charge is 0.491 e. The summed E-state index contributed by atoms with van der Waals surface area (Å²) in [6, 6.07) is 13.9. The summed E-state index contributed by atoms with van der Waals surface area (Å²) in [5.74, 6) is 0.312. The smallest absolute Gasteiger partial charge is 0.251 e. The number of ether oxygens (including phenoxy) is 1. The molecule has 0 aliphatic carbocycles. The van der Waals surface area contributed by atoms with Crippen molar-refractivity contribution in [2.24, 2.45) is 0 Å². The molecule has 0 bridgehead atoms. The predicted octanol–water partition coefficient (Wildman–Crippen LogP) is 2.09. The summed E-state index contributed by atoms with van der Waals surface area (Å²) in [5, 5.41) is 20.8. The van der Waals surface area contributed by atoms with Crippen LogP contribution in [0.5, 0.6) is 5.75 Å². The van der Waals surface area contributed by atoms with Crippen LogP contribution in [0.4, 0.5) is 0 Å². The lowest BCUT2D eigenvalue weighted by Crippen LogP contribution is -2.35. The van der Waals surface area contributed by atoms with Crippen LogP contribution in [0.15, 0.2) is 61.2 Å². The van der Waals surface area contributed by atoms with Gasteiger partial charge in [0.2, 0.25) is 0 Å². The topological polar surface area (TPSA) is 89.3 Å². The Hall–Kier alpha value is -2.90. The fraction of sp³-hybridized carbons (Fsp3) is 0.167. The second kappa shape index (κ2) is 8.46. The fourth-order valence-electron chi connectivity index (χ4n) is 2.24. The lowest BCUT2D eigenvalue weighted by atomic mass is 10.2. The Morgan fingerprint density at radius 3 is 2.65 bits per heavy atom. The van der Waals surface area contributed by atoms with E-state index in [-0.39, 0.29) is 19.1 Å². The van der Waals surface area contributed by atoms with Gasteiger partial charge >= 0.3 is 0 Å². The van der Waals surface area contributed by atoms with Gasteiger partial charge in [-0.15, -0.1) is 10.2 Å². The number of nitrogens with zero attached hydrogens (tertiary/aromatic N) is 3. The summed E-state index contributed by atoms with van der Waals surface area (Å²) >= 11 is 5.80. The minimum atomic E-state index is -0.837. The van der Waals surface area contributed by atoms with E-state index in [1.54, 1.807) is 59.7 Å². The second-order valence-electron chi connectivity index (χ2n) is 5.55. The Morgan fingerprint density at radius 1 is 1.19 bits per heavy atom. The summed E-state index contributed by atoms with van der Waals surface area (Å²) in [5.41, 5.74) is 1.25. The standard InChI is InChI=1S/C18H17ClN4O3/c19-14-4-6-17(7-5-14)26-10-16(24)9-20-18(25)13-2-1-3-15(8-13)23-11-21-22-12-23/h1-8,11-12,16,24H,9-10H2,(H,20,25). The summed E-state index contributed by atoms with van der Waals surface area (Å²) in [6.45, 7) is 0.131. The number of halogens is 1.